The van der Waals surface area contributed by atoms with Crippen molar-refractivity contribution in [3.8, 4) is 17.2 Å². The van der Waals surface area contributed by atoms with Crippen LogP contribution in [0.15, 0.2) is 72.8 Å². The van der Waals surface area contributed by atoms with E-state index in [-0.39, 0.29) is 12.5 Å². The van der Waals surface area contributed by atoms with Crippen LogP contribution in [0.5, 0.6) is 17.2 Å². The highest BCUT2D eigenvalue weighted by Gasteiger charge is 2.64. The fourth-order valence-corrected chi connectivity index (χ4v) is 5.46. The smallest absolute Gasteiger partial charge is 0.325 e. The summed E-state index contributed by atoms with van der Waals surface area (Å²) in [5.41, 5.74) is 0.976. The van der Waals surface area contributed by atoms with Gasteiger partial charge in [0, 0.05) is 18.2 Å². The van der Waals surface area contributed by atoms with Gasteiger partial charge in [0.25, 0.3) is 0 Å². The number of hydrogen-bond acceptors (Lipinski definition) is 8. The summed E-state index contributed by atoms with van der Waals surface area (Å²) in [4.78, 5) is 29.4. The summed E-state index contributed by atoms with van der Waals surface area (Å²) in [5.74, 6) is 0.791. The van der Waals surface area contributed by atoms with Gasteiger partial charge in [0.1, 0.15) is 17.2 Å². The zero-order valence-electron chi connectivity index (χ0n) is 22.3. The van der Waals surface area contributed by atoms with Crippen molar-refractivity contribution in [2.75, 3.05) is 35.5 Å². The van der Waals surface area contributed by atoms with Crippen molar-refractivity contribution in [1.29, 1.82) is 0 Å². The van der Waals surface area contributed by atoms with Crippen molar-refractivity contribution in [2.24, 2.45) is 5.41 Å². The number of benzene rings is 3. The first-order chi connectivity index (χ1) is 18.4. The monoisotopic (exact) mass is 519 g/mol. The highest BCUT2D eigenvalue weighted by molar-refractivity contribution is 6.01. The number of carbonyl (C=O) groups is 2. The van der Waals surface area contributed by atoms with Crippen LogP contribution >= 0.6 is 0 Å². The van der Waals surface area contributed by atoms with Crippen molar-refractivity contribution in [2.45, 2.75) is 25.0 Å². The minimum atomic E-state index is -1.62. The topological polar surface area (TPSA) is 83.5 Å². The molecule has 0 aromatic heterocycles. The highest BCUT2D eigenvalue weighted by Crippen LogP contribution is 2.57. The second-order valence-corrected chi connectivity index (χ2v) is 9.11. The van der Waals surface area contributed by atoms with E-state index in [1.807, 2.05) is 72.8 Å². The Labute approximate surface area is 223 Å². The molecule has 0 unspecified atom stereocenters. The predicted molar refractivity (Wildman–Crippen MR) is 141 cm³/mol. The lowest BCUT2D eigenvalue weighted by molar-refractivity contribution is -0.171. The number of ether oxygens (including phenoxy) is 5. The summed E-state index contributed by atoms with van der Waals surface area (Å²) in [6.07, 6.45) is 0.157. The van der Waals surface area contributed by atoms with E-state index in [2.05, 4.69) is 4.90 Å². The second kappa shape index (κ2) is 11.6. The van der Waals surface area contributed by atoms with E-state index in [4.69, 9.17) is 23.7 Å². The van der Waals surface area contributed by atoms with Gasteiger partial charge in [-0.1, -0.05) is 42.5 Å². The predicted octanol–water partition coefficient (Wildman–Crippen LogP) is 4.73. The number of esters is 2. The molecule has 1 aliphatic rings. The highest BCUT2D eigenvalue weighted by atomic mass is 16.5. The van der Waals surface area contributed by atoms with Crippen molar-refractivity contribution in [3.63, 3.8) is 0 Å². The third kappa shape index (κ3) is 4.79. The summed E-state index contributed by atoms with van der Waals surface area (Å²) in [5, 5.41) is 0. The molecule has 8 nitrogen and oxygen atoms in total. The van der Waals surface area contributed by atoms with Gasteiger partial charge in [-0.25, -0.2) is 0 Å². The summed E-state index contributed by atoms with van der Waals surface area (Å²) in [7, 11) is 7.41. The Hall–Kier alpha value is -4.04. The van der Waals surface area contributed by atoms with E-state index in [9.17, 15) is 9.59 Å². The molecule has 2 atom stereocenters. The average Bonchev–Trinajstić information content (AvgIpc) is 3.32. The molecule has 0 amide bonds. The minimum absolute atomic E-state index is 0.157. The van der Waals surface area contributed by atoms with E-state index in [0.29, 0.717) is 23.8 Å². The number of para-hydroxylation sites is 1. The molecule has 0 aliphatic carbocycles. The van der Waals surface area contributed by atoms with Gasteiger partial charge in [-0.05, 0) is 47.9 Å². The van der Waals surface area contributed by atoms with Gasteiger partial charge in [-0.2, -0.15) is 0 Å². The number of hydrogen-bond donors (Lipinski definition) is 0. The lowest BCUT2D eigenvalue weighted by atomic mass is 9.75. The SMILES string of the molecule is COC(=O)C1(C(=O)OC)C[C@H](c2ccc(OC)cc2)N(Cc2ccccc2OC)[C@@H]1c1ccc(OC)cc1. The lowest BCUT2D eigenvalue weighted by Gasteiger charge is -2.35. The lowest BCUT2D eigenvalue weighted by Crippen LogP contribution is -2.45. The zero-order valence-corrected chi connectivity index (χ0v) is 22.3. The molecule has 1 heterocycles. The largest absolute Gasteiger partial charge is 0.497 e. The van der Waals surface area contributed by atoms with Gasteiger partial charge in [0.05, 0.1) is 41.6 Å². The zero-order chi connectivity index (χ0) is 27.3. The maximum atomic E-state index is 13.6. The Morgan fingerprint density at radius 3 is 1.76 bits per heavy atom. The molecule has 1 aliphatic heterocycles. The van der Waals surface area contributed by atoms with Gasteiger partial charge in [-0.15, -0.1) is 0 Å². The van der Waals surface area contributed by atoms with E-state index >= 15 is 0 Å². The average molecular weight is 520 g/mol. The number of likely N-dealkylation sites (tertiary alicyclic amines) is 1. The van der Waals surface area contributed by atoms with Gasteiger partial charge < -0.3 is 23.7 Å². The third-order valence-corrected chi connectivity index (χ3v) is 7.29. The summed E-state index contributed by atoms with van der Waals surface area (Å²) in [6.45, 7) is 0.396. The van der Waals surface area contributed by atoms with Crippen LogP contribution in [0.25, 0.3) is 0 Å². The van der Waals surface area contributed by atoms with Crippen LogP contribution in [-0.2, 0) is 25.6 Å². The molecule has 0 N–H and O–H groups in total. The number of carbonyl (C=O) groups excluding carboxylic acids is 2. The minimum Gasteiger partial charge on any atom is -0.497 e. The maximum absolute atomic E-state index is 13.6. The Morgan fingerprint density at radius 2 is 1.26 bits per heavy atom. The molecule has 4 rings (SSSR count). The normalized spacial score (nSPS) is 18.4. The van der Waals surface area contributed by atoms with Crippen LogP contribution in [-0.4, -0.2) is 52.4 Å². The van der Waals surface area contributed by atoms with Gasteiger partial charge >= 0.3 is 11.9 Å². The Kier molecular flexibility index (Phi) is 8.22. The number of methoxy groups -OCH3 is 5. The fraction of sp³-hybridized carbons (Fsp3) is 0.333. The van der Waals surface area contributed by atoms with Crippen LogP contribution in [0.3, 0.4) is 0 Å². The molecule has 8 heteroatoms. The van der Waals surface area contributed by atoms with Crippen molar-refractivity contribution < 1.29 is 33.3 Å². The van der Waals surface area contributed by atoms with Crippen LogP contribution in [0, 0.1) is 5.41 Å². The molecule has 0 radical (unpaired) electrons. The Balaban J connectivity index is 1.96. The first-order valence-electron chi connectivity index (χ1n) is 12.3. The third-order valence-electron chi connectivity index (χ3n) is 7.29. The number of nitrogens with zero attached hydrogens (tertiary/aromatic N) is 1. The van der Waals surface area contributed by atoms with E-state index in [0.717, 1.165) is 16.7 Å². The molecule has 38 heavy (non-hydrogen) atoms. The molecule has 0 spiro atoms. The molecular weight excluding hydrogens is 486 g/mol. The summed E-state index contributed by atoms with van der Waals surface area (Å²) in [6, 6.07) is 21.7. The van der Waals surface area contributed by atoms with Crippen LogP contribution in [0.1, 0.15) is 35.2 Å². The molecular formula is C30H33NO7. The van der Waals surface area contributed by atoms with E-state index in [1.54, 1.807) is 21.3 Å². The van der Waals surface area contributed by atoms with Gasteiger partial charge in [0.15, 0.2) is 5.41 Å². The van der Waals surface area contributed by atoms with E-state index < -0.39 is 23.4 Å². The van der Waals surface area contributed by atoms with E-state index in [1.165, 1.54) is 14.2 Å². The molecule has 1 saturated heterocycles. The molecule has 0 saturated carbocycles. The maximum Gasteiger partial charge on any atom is 0.325 e. The van der Waals surface area contributed by atoms with Crippen molar-refractivity contribution >= 4 is 11.9 Å². The van der Waals surface area contributed by atoms with Crippen LogP contribution in [0.4, 0.5) is 0 Å². The second-order valence-electron chi connectivity index (χ2n) is 9.11. The standard InChI is InChI=1S/C30H33NO7/c1-34-23-14-10-20(11-15-23)25-18-30(28(32)37-4,29(33)38-5)27(21-12-16-24(35-2)17-13-21)31(25)19-22-8-6-7-9-26(22)36-3/h6-17,25,27H,18-19H2,1-5H3/t25-,27-/m1/s1. The molecule has 3 aromatic rings. The first-order valence-corrected chi connectivity index (χ1v) is 12.3. The Morgan fingerprint density at radius 1 is 0.737 bits per heavy atom. The summed E-state index contributed by atoms with van der Waals surface area (Å²) >= 11 is 0. The molecule has 1 fully saturated rings. The quantitative estimate of drug-likeness (QED) is 0.296. The molecule has 3 aromatic carbocycles. The first kappa shape index (κ1) is 27.0. The fourth-order valence-electron chi connectivity index (χ4n) is 5.46. The van der Waals surface area contributed by atoms with Crippen LogP contribution < -0.4 is 14.2 Å². The van der Waals surface area contributed by atoms with Gasteiger partial charge in [-0.3, -0.25) is 14.5 Å². The Bertz CT molecular complexity index is 1240. The molecule has 0 bridgehead atoms. The molecule has 200 valence electrons. The summed E-state index contributed by atoms with van der Waals surface area (Å²) < 4.78 is 26.9. The van der Waals surface area contributed by atoms with Crippen LogP contribution in [0.2, 0.25) is 0 Å². The van der Waals surface area contributed by atoms with Crippen molar-refractivity contribution in [3.05, 3.63) is 89.5 Å². The van der Waals surface area contributed by atoms with Gasteiger partial charge in [0.2, 0.25) is 0 Å². The van der Waals surface area contributed by atoms with Crippen molar-refractivity contribution in [1.82, 2.24) is 4.90 Å². The number of rotatable bonds is 9.